The highest BCUT2D eigenvalue weighted by Gasteiger charge is 2.26. The van der Waals surface area contributed by atoms with Gasteiger partial charge in [-0.1, -0.05) is 40.9 Å². The summed E-state index contributed by atoms with van der Waals surface area (Å²) in [6, 6.07) is 11.5. The summed E-state index contributed by atoms with van der Waals surface area (Å²) >= 11 is 3.45. The highest BCUT2D eigenvalue weighted by molar-refractivity contribution is 9.10. The second kappa shape index (κ2) is 6.36. The SMILES string of the molecule is C[C@@H](NC1CCCCC1C#N)c1ccc(Br)cc1. The standard InChI is InChI=1S/C15H19BrN2/c1-11(12-6-8-14(16)9-7-12)18-15-5-3-2-4-13(15)10-17/h6-9,11,13,15,18H,2-5H2,1H3/t11-,13?,15?/m1/s1. The Balaban J connectivity index is 1.99. The van der Waals surface area contributed by atoms with Crippen molar-refractivity contribution < 1.29 is 0 Å². The van der Waals surface area contributed by atoms with Crippen LogP contribution in [0.15, 0.2) is 28.7 Å². The van der Waals surface area contributed by atoms with Gasteiger partial charge in [-0.25, -0.2) is 0 Å². The van der Waals surface area contributed by atoms with Crippen LogP contribution in [-0.4, -0.2) is 6.04 Å². The van der Waals surface area contributed by atoms with Gasteiger partial charge in [-0.15, -0.1) is 0 Å². The lowest BCUT2D eigenvalue weighted by Gasteiger charge is -2.30. The largest absolute Gasteiger partial charge is 0.306 e. The van der Waals surface area contributed by atoms with Gasteiger partial charge in [0.1, 0.15) is 0 Å². The van der Waals surface area contributed by atoms with Crippen molar-refractivity contribution in [1.29, 1.82) is 5.26 Å². The van der Waals surface area contributed by atoms with Gasteiger partial charge in [0.05, 0.1) is 12.0 Å². The molecule has 1 aromatic carbocycles. The molecule has 0 bridgehead atoms. The zero-order valence-electron chi connectivity index (χ0n) is 10.7. The maximum atomic E-state index is 9.19. The molecule has 1 fully saturated rings. The van der Waals surface area contributed by atoms with Gasteiger partial charge in [0, 0.05) is 16.6 Å². The molecular formula is C15H19BrN2. The van der Waals surface area contributed by atoms with Crippen LogP contribution in [0.4, 0.5) is 0 Å². The van der Waals surface area contributed by atoms with Crippen molar-refractivity contribution in [2.24, 2.45) is 5.92 Å². The molecule has 1 aliphatic rings. The first-order chi connectivity index (χ1) is 8.70. The molecule has 0 radical (unpaired) electrons. The normalized spacial score (nSPS) is 25.4. The Morgan fingerprint density at radius 3 is 2.61 bits per heavy atom. The predicted octanol–water partition coefficient (Wildman–Crippen LogP) is 4.18. The minimum absolute atomic E-state index is 0.177. The number of benzene rings is 1. The number of hydrogen-bond acceptors (Lipinski definition) is 2. The Morgan fingerprint density at radius 2 is 1.94 bits per heavy atom. The van der Waals surface area contributed by atoms with Crippen molar-refractivity contribution in [3.63, 3.8) is 0 Å². The van der Waals surface area contributed by atoms with Crippen molar-refractivity contribution in [2.75, 3.05) is 0 Å². The summed E-state index contributed by atoms with van der Waals surface area (Å²) in [4.78, 5) is 0. The monoisotopic (exact) mass is 306 g/mol. The molecular weight excluding hydrogens is 288 g/mol. The second-order valence-electron chi connectivity index (χ2n) is 5.07. The summed E-state index contributed by atoms with van der Waals surface area (Å²) in [7, 11) is 0. The highest BCUT2D eigenvalue weighted by atomic mass is 79.9. The molecule has 1 aromatic rings. The van der Waals surface area contributed by atoms with E-state index < -0.39 is 0 Å². The van der Waals surface area contributed by atoms with Crippen LogP contribution in [-0.2, 0) is 0 Å². The first kappa shape index (κ1) is 13.6. The van der Waals surface area contributed by atoms with E-state index in [9.17, 15) is 5.26 Å². The molecule has 0 heterocycles. The smallest absolute Gasteiger partial charge is 0.0672 e. The van der Waals surface area contributed by atoms with Gasteiger partial charge in [-0.2, -0.15) is 5.26 Å². The highest BCUT2D eigenvalue weighted by Crippen LogP contribution is 2.26. The fourth-order valence-corrected chi connectivity index (χ4v) is 2.92. The molecule has 0 amide bonds. The summed E-state index contributed by atoms with van der Waals surface area (Å²) in [5, 5.41) is 12.8. The number of halogens is 1. The summed E-state index contributed by atoms with van der Waals surface area (Å²) in [6.45, 7) is 2.17. The Hall–Kier alpha value is -0.850. The van der Waals surface area contributed by atoms with Gasteiger partial charge < -0.3 is 5.32 Å². The second-order valence-corrected chi connectivity index (χ2v) is 5.98. The Kier molecular flexibility index (Phi) is 4.79. The summed E-state index contributed by atoms with van der Waals surface area (Å²) in [5.74, 6) is 0.177. The maximum Gasteiger partial charge on any atom is 0.0672 e. The number of nitrogens with zero attached hydrogens (tertiary/aromatic N) is 1. The first-order valence-electron chi connectivity index (χ1n) is 6.62. The van der Waals surface area contributed by atoms with Gasteiger partial charge in [-0.05, 0) is 37.5 Å². The molecule has 1 aliphatic carbocycles. The van der Waals surface area contributed by atoms with E-state index in [1.54, 1.807) is 0 Å². The van der Waals surface area contributed by atoms with Crippen molar-refractivity contribution in [2.45, 2.75) is 44.7 Å². The molecule has 2 rings (SSSR count). The molecule has 0 aromatic heterocycles. The van der Waals surface area contributed by atoms with Crippen LogP contribution in [0.3, 0.4) is 0 Å². The molecule has 0 aliphatic heterocycles. The maximum absolute atomic E-state index is 9.19. The minimum Gasteiger partial charge on any atom is -0.306 e. The van der Waals surface area contributed by atoms with Gasteiger partial charge in [0.2, 0.25) is 0 Å². The van der Waals surface area contributed by atoms with Gasteiger partial charge in [0.25, 0.3) is 0 Å². The minimum atomic E-state index is 0.177. The van der Waals surface area contributed by atoms with Crippen LogP contribution in [0.5, 0.6) is 0 Å². The van der Waals surface area contributed by atoms with E-state index in [-0.39, 0.29) is 5.92 Å². The van der Waals surface area contributed by atoms with E-state index in [0.717, 1.165) is 17.3 Å². The third-order valence-corrected chi connectivity index (χ3v) is 4.29. The van der Waals surface area contributed by atoms with Gasteiger partial charge in [0.15, 0.2) is 0 Å². The number of rotatable bonds is 3. The molecule has 0 saturated heterocycles. The van der Waals surface area contributed by atoms with Crippen LogP contribution in [0.25, 0.3) is 0 Å². The molecule has 2 unspecified atom stereocenters. The van der Waals surface area contributed by atoms with Gasteiger partial charge >= 0.3 is 0 Å². The van der Waals surface area contributed by atoms with E-state index in [2.05, 4.69) is 58.5 Å². The number of nitrogens with one attached hydrogen (secondary N) is 1. The lowest BCUT2D eigenvalue weighted by Crippen LogP contribution is -2.39. The van der Waals surface area contributed by atoms with E-state index in [1.807, 2.05) is 0 Å². The van der Waals surface area contributed by atoms with Crippen LogP contribution < -0.4 is 5.32 Å². The Labute approximate surface area is 118 Å². The Bertz CT molecular complexity index is 421. The van der Waals surface area contributed by atoms with Crippen LogP contribution in [0.2, 0.25) is 0 Å². The molecule has 96 valence electrons. The molecule has 2 nitrogen and oxygen atoms in total. The average molecular weight is 307 g/mol. The number of nitriles is 1. The topological polar surface area (TPSA) is 35.8 Å². The van der Waals surface area contributed by atoms with Gasteiger partial charge in [-0.3, -0.25) is 0 Å². The summed E-state index contributed by atoms with van der Waals surface area (Å²) in [5.41, 5.74) is 1.28. The van der Waals surface area contributed by atoms with Crippen molar-refractivity contribution in [1.82, 2.24) is 5.32 Å². The van der Waals surface area contributed by atoms with Crippen molar-refractivity contribution in [3.05, 3.63) is 34.3 Å². The zero-order valence-corrected chi connectivity index (χ0v) is 12.3. The lowest BCUT2D eigenvalue weighted by atomic mass is 9.85. The summed E-state index contributed by atoms with van der Waals surface area (Å²) in [6.07, 6.45) is 4.60. The van der Waals surface area contributed by atoms with Crippen molar-refractivity contribution >= 4 is 15.9 Å². The quantitative estimate of drug-likeness (QED) is 0.909. The molecule has 0 spiro atoms. The Morgan fingerprint density at radius 1 is 1.28 bits per heavy atom. The first-order valence-corrected chi connectivity index (χ1v) is 7.41. The average Bonchev–Trinajstić information content (AvgIpc) is 2.40. The number of hydrogen-bond donors (Lipinski definition) is 1. The van der Waals surface area contributed by atoms with E-state index in [0.29, 0.717) is 12.1 Å². The van der Waals surface area contributed by atoms with Crippen LogP contribution in [0, 0.1) is 17.2 Å². The lowest BCUT2D eigenvalue weighted by molar-refractivity contribution is 0.292. The van der Waals surface area contributed by atoms with E-state index in [4.69, 9.17) is 0 Å². The molecule has 3 atom stereocenters. The van der Waals surface area contributed by atoms with Crippen molar-refractivity contribution in [3.8, 4) is 6.07 Å². The predicted molar refractivity (Wildman–Crippen MR) is 77.1 cm³/mol. The van der Waals surface area contributed by atoms with Crippen LogP contribution >= 0.6 is 15.9 Å². The third kappa shape index (κ3) is 3.34. The van der Waals surface area contributed by atoms with E-state index >= 15 is 0 Å². The molecule has 3 heteroatoms. The fraction of sp³-hybridized carbons (Fsp3) is 0.533. The zero-order chi connectivity index (χ0) is 13.0. The van der Waals surface area contributed by atoms with E-state index in [1.165, 1.54) is 18.4 Å². The third-order valence-electron chi connectivity index (χ3n) is 3.77. The van der Waals surface area contributed by atoms with Crippen LogP contribution in [0.1, 0.15) is 44.2 Å². The molecule has 1 saturated carbocycles. The molecule has 1 N–H and O–H groups in total. The fourth-order valence-electron chi connectivity index (χ4n) is 2.65. The summed E-state index contributed by atoms with van der Waals surface area (Å²) < 4.78 is 1.10. The molecule has 18 heavy (non-hydrogen) atoms.